The fourth-order valence-electron chi connectivity index (χ4n) is 1.36. The molecule has 0 saturated carbocycles. The molecule has 1 amide bonds. The van der Waals surface area contributed by atoms with Crippen LogP contribution in [-0.2, 0) is 4.79 Å². The van der Waals surface area contributed by atoms with Crippen molar-refractivity contribution >= 4 is 35.3 Å². The quantitative estimate of drug-likeness (QED) is 0.623. The maximum atomic E-state index is 11.6. The van der Waals surface area contributed by atoms with Gasteiger partial charge in [0.1, 0.15) is 5.15 Å². The van der Waals surface area contributed by atoms with E-state index in [9.17, 15) is 9.90 Å². The highest BCUT2D eigenvalue weighted by Gasteiger charge is 2.19. The third kappa shape index (κ3) is 6.61. The van der Waals surface area contributed by atoms with Crippen molar-refractivity contribution in [3.63, 3.8) is 0 Å². The van der Waals surface area contributed by atoms with Crippen molar-refractivity contribution in [2.45, 2.75) is 12.5 Å². The normalized spacial score (nSPS) is 14.3. The molecule has 1 atom stereocenters. The Hall–Kier alpha value is -1.04. The maximum Gasteiger partial charge on any atom is 0.244 e. The Balaban J connectivity index is 2.45. The highest BCUT2D eigenvalue weighted by molar-refractivity contribution is 7.98. The summed E-state index contributed by atoms with van der Waals surface area (Å²) in [5.74, 6) is 0.314. The Bertz CT molecular complexity index is 446. The van der Waals surface area contributed by atoms with Crippen LogP contribution in [0.15, 0.2) is 24.4 Å². The molecule has 0 aliphatic carbocycles. The first kappa shape index (κ1) is 16.0. The molecule has 0 spiro atoms. The lowest BCUT2D eigenvalue weighted by atomic mass is 10.1. The fraction of sp³-hybridized carbons (Fsp3) is 0.385. The first-order valence-corrected chi connectivity index (χ1v) is 7.49. The van der Waals surface area contributed by atoms with Gasteiger partial charge >= 0.3 is 0 Å². The minimum atomic E-state index is -0.898. The smallest absolute Gasteiger partial charge is 0.244 e. The highest BCUT2D eigenvalue weighted by Crippen LogP contribution is 2.09. The summed E-state index contributed by atoms with van der Waals surface area (Å²) in [4.78, 5) is 15.5. The van der Waals surface area contributed by atoms with Crippen LogP contribution in [0, 0.1) is 0 Å². The number of aliphatic hydroxyl groups is 1. The monoisotopic (exact) mass is 300 g/mol. The Labute approximate surface area is 122 Å². The minimum Gasteiger partial charge on any atom is -0.387 e. The number of hydrogen-bond acceptors (Lipinski definition) is 4. The summed E-state index contributed by atoms with van der Waals surface area (Å²) in [6.45, 7) is 1.91. The van der Waals surface area contributed by atoms with Crippen molar-refractivity contribution in [3.05, 3.63) is 35.1 Å². The van der Waals surface area contributed by atoms with Crippen molar-refractivity contribution in [2.24, 2.45) is 0 Å². The minimum absolute atomic E-state index is 0.218. The summed E-state index contributed by atoms with van der Waals surface area (Å²) < 4.78 is 0. The van der Waals surface area contributed by atoms with E-state index in [1.54, 1.807) is 31.3 Å². The maximum absolute atomic E-state index is 11.6. The average molecular weight is 301 g/mol. The van der Waals surface area contributed by atoms with Crippen molar-refractivity contribution in [2.75, 3.05) is 18.6 Å². The van der Waals surface area contributed by atoms with Crippen LogP contribution in [0.1, 0.15) is 12.5 Å². The van der Waals surface area contributed by atoms with Crippen molar-refractivity contribution < 1.29 is 9.90 Å². The molecule has 6 heteroatoms. The zero-order chi connectivity index (χ0) is 14.3. The number of nitrogens with one attached hydrogen (secondary N) is 1. The zero-order valence-corrected chi connectivity index (χ0v) is 12.5. The predicted octanol–water partition coefficient (Wildman–Crippen LogP) is 1.98. The standard InChI is InChI=1S/C13H17ClN2O2S/c1-13(18,9-19-2)8-16-12(17)6-4-10-3-5-11(14)15-7-10/h3-7,18H,8-9H2,1-2H3,(H,16,17)/b6-4+. The number of amides is 1. The first-order valence-electron chi connectivity index (χ1n) is 5.72. The van der Waals surface area contributed by atoms with Crippen LogP contribution >= 0.6 is 23.4 Å². The number of nitrogens with zero attached hydrogens (tertiary/aromatic N) is 1. The van der Waals surface area contributed by atoms with Crippen LogP contribution in [0.3, 0.4) is 0 Å². The van der Waals surface area contributed by atoms with Gasteiger partial charge in [0.25, 0.3) is 0 Å². The number of thioether (sulfide) groups is 1. The van der Waals surface area contributed by atoms with E-state index in [-0.39, 0.29) is 12.5 Å². The molecular formula is C13H17ClN2O2S. The molecule has 0 aromatic carbocycles. The topological polar surface area (TPSA) is 62.2 Å². The molecule has 0 saturated heterocycles. The molecular weight excluding hydrogens is 284 g/mol. The highest BCUT2D eigenvalue weighted by atomic mass is 35.5. The predicted molar refractivity (Wildman–Crippen MR) is 80.3 cm³/mol. The van der Waals surface area contributed by atoms with E-state index in [1.165, 1.54) is 17.8 Å². The van der Waals surface area contributed by atoms with Crippen LogP contribution in [0.4, 0.5) is 0 Å². The van der Waals surface area contributed by atoms with Gasteiger partial charge in [-0.2, -0.15) is 11.8 Å². The van der Waals surface area contributed by atoms with Crippen LogP contribution in [0.5, 0.6) is 0 Å². The van der Waals surface area contributed by atoms with E-state index in [0.717, 1.165) is 5.56 Å². The van der Waals surface area contributed by atoms with Gasteiger partial charge in [-0.3, -0.25) is 4.79 Å². The number of carbonyl (C=O) groups is 1. The lowest BCUT2D eigenvalue weighted by Gasteiger charge is -2.21. The molecule has 0 fully saturated rings. The van der Waals surface area contributed by atoms with Gasteiger partial charge in [-0.1, -0.05) is 17.7 Å². The Morgan fingerprint density at radius 1 is 1.63 bits per heavy atom. The third-order valence-electron chi connectivity index (χ3n) is 2.28. The number of hydrogen-bond donors (Lipinski definition) is 2. The van der Waals surface area contributed by atoms with Gasteiger partial charge in [0.2, 0.25) is 5.91 Å². The second-order valence-corrected chi connectivity index (χ2v) is 5.65. The molecule has 19 heavy (non-hydrogen) atoms. The molecule has 2 N–H and O–H groups in total. The van der Waals surface area contributed by atoms with Gasteiger partial charge < -0.3 is 10.4 Å². The van der Waals surface area contributed by atoms with Crippen LogP contribution in [-0.4, -0.2) is 40.2 Å². The second-order valence-electron chi connectivity index (χ2n) is 4.40. The van der Waals surface area contributed by atoms with Gasteiger partial charge in [0, 0.05) is 24.6 Å². The largest absolute Gasteiger partial charge is 0.387 e. The summed E-state index contributed by atoms with van der Waals surface area (Å²) in [5.41, 5.74) is -0.111. The molecule has 0 aliphatic heterocycles. The molecule has 4 nitrogen and oxygen atoms in total. The summed E-state index contributed by atoms with van der Waals surface area (Å²) in [7, 11) is 0. The van der Waals surface area contributed by atoms with Gasteiger partial charge in [-0.15, -0.1) is 0 Å². The van der Waals surface area contributed by atoms with E-state index in [1.807, 2.05) is 6.26 Å². The molecule has 1 heterocycles. The molecule has 1 unspecified atom stereocenters. The Morgan fingerprint density at radius 2 is 2.37 bits per heavy atom. The average Bonchev–Trinajstić information content (AvgIpc) is 2.36. The fourth-order valence-corrected chi connectivity index (χ4v) is 2.19. The summed E-state index contributed by atoms with van der Waals surface area (Å²) >= 11 is 7.19. The molecule has 0 radical (unpaired) electrons. The Kier molecular flexibility index (Phi) is 6.34. The van der Waals surface area contributed by atoms with E-state index in [4.69, 9.17) is 11.6 Å². The van der Waals surface area contributed by atoms with E-state index in [0.29, 0.717) is 10.9 Å². The number of halogens is 1. The molecule has 0 bridgehead atoms. The summed E-state index contributed by atoms with van der Waals surface area (Å²) in [6.07, 6.45) is 6.53. The van der Waals surface area contributed by atoms with Crippen LogP contribution in [0.25, 0.3) is 6.08 Å². The van der Waals surface area contributed by atoms with Crippen molar-refractivity contribution in [3.8, 4) is 0 Å². The molecule has 1 aromatic rings. The summed E-state index contributed by atoms with van der Waals surface area (Å²) in [5, 5.41) is 13.0. The van der Waals surface area contributed by atoms with Crippen LogP contribution in [0.2, 0.25) is 5.15 Å². The van der Waals surface area contributed by atoms with Gasteiger partial charge in [0.05, 0.1) is 5.60 Å². The van der Waals surface area contributed by atoms with Gasteiger partial charge in [0.15, 0.2) is 0 Å². The van der Waals surface area contributed by atoms with E-state index >= 15 is 0 Å². The summed E-state index contributed by atoms with van der Waals surface area (Å²) in [6, 6.07) is 3.42. The second kappa shape index (κ2) is 7.53. The lowest BCUT2D eigenvalue weighted by Crippen LogP contribution is -2.41. The van der Waals surface area contributed by atoms with Gasteiger partial charge in [-0.25, -0.2) is 4.98 Å². The number of aromatic nitrogens is 1. The number of carbonyl (C=O) groups excluding carboxylic acids is 1. The molecule has 1 rings (SSSR count). The Morgan fingerprint density at radius 3 is 2.95 bits per heavy atom. The SMILES string of the molecule is CSCC(C)(O)CNC(=O)/C=C/c1ccc(Cl)nc1. The van der Waals surface area contributed by atoms with E-state index < -0.39 is 5.60 Å². The van der Waals surface area contributed by atoms with Crippen LogP contribution < -0.4 is 5.32 Å². The number of rotatable bonds is 6. The first-order chi connectivity index (χ1) is 8.93. The molecule has 1 aromatic heterocycles. The third-order valence-corrected chi connectivity index (χ3v) is 3.41. The number of pyridine rings is 1. The zero-order valence-electron chi connectivity index (χ0n) is 10.9. The van der Waals surface area contributed by atoms with Crippen molar-refractivity contribution in [1.82, 2.24) is 10.3 Å². The molecule has 0 aliphatic rings. The lowest BCUT2D eigenvalue weighted by molar-refractivity contribution is -0.117. The van der Waals surface area contributed by atoms with E-state index in [2.05, 4.69) is 10.3 Å². The van der Waals surface area contributed by atoms with Gasteiger partial charge in [-0.05, 0) is 30.9 Å². The van der Waals surface area contributed by atoms with Crippen molar-refractivity contribution in [1.29, 1.82) is 0 Å². The molecule has 104 valence electrons.